The normalized spacial score (nSPS) is 26.8. The van der Waals surface area contributed by atoms with E-state index in [0.717, 1.165) is 0 Å². The molecule has 0 bridgehead atoms. The molecule has 4 atom stereocenters. The predicted molar refractivity (Wildman–Crippen MR) is 133 cm³/mol. The summed E-state index contributed by atoms with van der Waals surface area (Å²) in [5.74, 6) is -1.21. The second kappa shape index (κ2) is 10.8. The van der Waals surface area contributed by atoms with Gasteiger partial charge in [0.1, 0.15) is 22.8 Å². The number of nitrogens with zero attached hydrogens (tertiary/aromatic N) is 1. The number of hydrogen-bond donors (Lipinski definition) is 1. The van der Waals surface area contributed by atoms with Gasteiger partial charge < -0.3 is 14.8 Å². The lowest BCUT2D eigenvalue weighted by Gasteiger charge is -2.36. The Hall–Kier alpha value is -2.90. The number of ketones is 1. The van der Waals surface area contributed by atoms with Gasteiger partial charge in [-0.25, -0.2) is 9.59 Å². The van der Waals surface area contributed by atoms with Crippen LogP contribution in [0.2, 0.25) is 0 Å². The minimum atomic E-state index is -1.20. The third-order valence-electron chi connectivity index (χ3n) is 5.82. The van der Waals surface area contributed by atoms with Crippen molar-refractivity contribution < 1.29 is 28.7 Å². The van der Waals surface area contributed by atoms with Gasteiger partial charge in [-0.2, -0.15) is 0 Å². The summed E-state index contributed by atoms with van der Waals surface area (Å²) in [7, 11) is 0. The number of carbonyl (C=O) groups is 4. The summed E-state index contributed by atoms with van der Waals surface area (Å²) in [5.41, 5.74) is -2.68. The van der Waals surface area contributed by atoms with Crippen LogP contribution in [0.4, 0.5) is 4.79 Å². The van der Waals surface area contributed by atoms with Crippen molar-refractivity contribution in [1.82, 2.24) is 10.2 Å². The quantitative estimate of drug-likeness (QED) is 0.443. The summed E-state index contributed by atoms with van der Waals surface area (Å²) in [6.07, 6.45) is 10.7. The molecule has 8 heteroatoms. The highest BCUT2D eigenvalue weighted by Gasteiger charge is 2.50. The Balaban J connectivity index is 2.44. The molecule has 0 aromatic rings. The molecule has 1 fully saturated rings. The van der Waals surface area contributed by atoms with Gasteiger partial charge in [0.15, 0.2) is 5.78 Å². The molecule has 35 heavy (non-hydrogen) atoms. The summed E-state index contributed by atoms with van der Waals surface area (Å²) in [4.78, 5) is 52.8. The maximum atomic E-state index is 13.4. The summed E-state index contributed by atoms with van der Waals surface area (Å²) < 4.78 is 11.3. The van der Waals surface area contributed by atoms with Gasteiger partial charge in [-0.1, -0.05) is 30.4 Å². The first-order valence-electron chi connectivity index (χ1n) is 12.1. The van der Waals surface area contributed by atoms with E-state index >= 15 is 0 Å². The number of likely N-dealkylation sites (tertiary alicyclic amines) is 1. The molecule has 8 nitrogen and oxygen atoms in total. The molecule has 0 aromatic carbocycles. The monoisotopic (exact) mass is 488 g/mol. The van der Waals surface area contributed by atoms with Gasteiger partial charge in [0, 0.05) is 13.0 Å². The largest absolute Gasteiger partial charge is 0.458 e. The first-order valence-corrected chi connectivity index (χ1v) is 12.1. The van der Waals surface area contributed by atoms with Crippen LogP contribution in [0.25, 0.3) is 0 Å². The minimum Gasteiger partial charge on any atom is -0.458 e. The summed E-state index contributed by atoms with van der Waals surface area (Å²) in [6, 6.07) is -1.26. The fourth-order valence-electron chi connectivity index (χ4n) is 4.59. The van der Waals surface area contributed by atoms with Gasteiger partial charge in [0.25, 0.3) is 0 Å². The molecule has 0 saturated carbocycles. The fourth-order valence-corrected chi connectivity index (χ4v) is 4.59. The average molecular weight is 489 g/mol. The maximum Gasteiger partial charge on any atom is 0.411 e. The van der Waals surface area contributed by atoms with Crippen molar-refractivity contribution >= 4 is 23.8 Å². The average Bonchev–Trinajstić information content (AvgIpc) is 3.04. The highest BCUT2D eigenvalue weighted by molar-refractivity contribution is 6.03. The Labute approximate surface area is 208 Å². The third-order valence-corrected chi connectivity index (χ3v) is 5.82. The molecular weight excluding hydrogens is 448 g/mol. The van der Waals surface area contributed by atoms with Crippen molar-refractivity contribution in [1.29, 1.82) is 0 Å². The first kappa shape index (κ1) is 28.3. The van der Waals surface area contributed by atoms with Crippen LogP contribution in [0.3, 0.4) is 0 Å². The standard InChI is InChI=1S/C27H40N2O6/c1-9-12-19-17-21(23(32)34-25(3,4)5)29(24(33)35-26(6,7)8)20(19)14-16-27(28-18(2)30)15-11-10-13-22(27)31/h9-13,15,19-21H,14,16-17H2,1-8H3,(H,28,30)/t19-,20-,21-,27?/m1/s1. The van der Waals surface area contributed by atoms with E-state index in [0.29, 0.717) is 12.8 Å². The number of rotatable bonds is 6. The predicted octanol–water partition coefficient (Wildman–Crippen LogP) is 4.25. The number of amides is 2. The summed E-state index contributed by atoms with van der Waals surface area (Å²) in [5, 5.41) is 2.79. The lowest BCUT2D eigenvalue weighted by atomic mass is 9.82. The molecule has 194 valence electrons. The van der Waals surface area contributed by atoms with Crippen LogP contribution in [-0.2, 0) is 23.9 Å². The van der Waals surface area contributed by atoms with E-state index in [1.54, 1.807) is 59.8 Å². The van der Waals surface area contributed by atoms with Gasteiger partial charge in [0.2, 0.25) is 5.91 Å². The second-order valence-electron chi connectivity index (χ2n) is 11.2. The van der Waals surface area contributed by atoms with Crippen LogP contribution in [-0.4, -0.2) is 57.5 Å². The number of allylic oxidation sites excluding steroid dienone is 3. The van der Waals surface area contributed by atoms with Gasteiger partial charge >= 0.3 is 12.1 Å². The maximum absolute atomic E-state index is 13.4. The van der Waals surface area contributed by atoms with Gasteiger partial charge in [-0.05, 0) is 79.7 Å². The first-order chi connectivity index (χ1) is 16.1. The number of carbonyl (C=O) groups excluding carboxylic acids is 4. The SMILES string of the molecule is CC=C[C@@H]1C[C@H](C(=O)OC(C)(C)C)N(C(=O)OC(C)(C)C)[C@@H]1CCC1(NC(C)=O)C=CC=CC1=O. The molecule has 0 radical (unpaired) electrons. The van der Waals surface area contributed by atoms with E-state index in [1.165, 1.54) is 17.9 Å². The minimum absolute atomic E-state index is 0.155. The Morgan fingerprint density at radius 1 is 1.11 bits per heavy atom. The van der Waals surface area contributed by atoms with Crippen LogP contribution in [0.15, 0.2) is 36.5 Å². The van der Waals surface area contributed by atoms with Crippen LogP contribution >= 0.6 is 0 Å². The Kier molecular flexibility index (Phi) is 8.74. The lowest BCUT2D eigenvalue weighted by Crippen LogP contribution is -2.54. The van der Waals surface area contributed by atoms with Crippen LogP contribution in [0.5, 0.6) is 0 Å². The molecule has 0 spiro atoms. The molecule has 1 heterocycles. The summed E-state index contributed by atoms with van der Waals surface area (Å²) >= 11 is 0. The molecule has 2 rings (SSSR count). The molecule has 2 amide bonds. The van der Waals surface area contributed by atoms with Crippen molar-refractivity contribution in [2.45, 2.75) is 103 Å². The van der Waals surface area contributed by atoms with Gasteiger partial charge in [-0.3, -0.25) is 14.5 Å². The van der Waals surface area contributed by atoms with Crippen LogP contribution in [0, 0.1) is 5.92 Å². The Morgan fingerprint density at radius 3 is 2.26 bits per heavy atom. The fraction of sp³-hybridized carbons (Fsp3) is 0.630. The molecule has 1 aliphatic carbocycles. The highest BCUT2D eigenvalue weighted by Crippen LogP contribution is 2.38. The molecule has 1 unspecified atom stereocenters. The Bertz CT molecular complexity index is 921. The van der Waals surface area contributed by atoms with E-state index in [9.17, 15) is 19.2 Å². The van der Waals surface area contributed by atoms with Crippen molar-refractivity contribution in [2.24, 2.45) is 5.92 Å². The van der Waals surface area contributed by atoms with Gasteiger partial charge in [0.05, 0.1) is 0 Å². The third kappa shape index (κ3) is 7.54. The molecule has 1 aliphatic heterocycles. The van der Waals surface area contributed by atoms with Crippen molar-refractivity contribution in [3.63, 3.8) is 0 Å². The van der Waals surface area contributed by atoms with Crippen LogP contribution < -0.4 is 5.32 Å². The second-order valence-corrected chi connectivity index (χ2v) is 11.2. The molecule has 1 saturated heterocycles. The van der Waals surface area contributed by atoms with E-state index in [-0.39, 0.29) is 24.0 Å². The zero-order valence-corrected chi connectivity index (χ0v) is 22.2. The van der Waals surface area contributed by atoms with Crippen molar-refractivity contribution in [3.05, 3.63) is 36.5 Å². The molecule has 1 N–H and O–H groups in total. The number of nitrogens with one attached hydrogen (secondary N) is 1. The smallest absolute Gasteiger partial charge is 0.411 e. The van der Waals surface area contributed by atoms with E-state index in [2.05, 4.69) is 5.32 Å². The zero-order chi connectivity index (χ0) is 26.6. The number of esters is 1. The van der Waals surface area contributed by atoms with Gasteiger partial charge in [-0.15, -0.1) is 0 Å². The molecule has 2 aliphatic rings. The summed E-state index contributed by atoms with van der Waals surface area (Å²) in [6.45, 7) is 13.9. The molecular formula is C27H40N2O6. The van der Waals surface area contributed by atoms with E-state index in [4.69, 9.17) is 9.47 Å². The van der Waals surface area contributed by atoms with Crippen molar-refractivity contribution in [2.75, 3.05) is 0 Å². The number of ether oxygens (including phenoxy) is 2. The highest BCUT2D eigenvalue weighted by atomic mass is 16.6. The van der Waals surface area contributed by atoms with Crippen LogP contribution in [0.1, 0.15) is 74.7 Å². The molecule has 0 aromatic heterocycles. The lowest BCUT2D eigenvalue weighted by molar-refractivity contribution is -0.160. The topological polar surface area (TPSA) is 102 Å². The number of hydrogen-bond acceptors (Lipinski definition) is 6. The Morgan fingerprint density at radius 2 is 1.74 bits per heavy atom. The van der Waals surface area contributed by atoms with Crippen molar-refractivity contribution in [3.8, 4) is 0 Å². The zero-order valence-electron chi connectivity index (χ0n) is 22.2. The van der Waals surface area contributed by atoms with E-state index in [1.807, 2.05) is 19.1 Å². The van der Waals surface area contributed by atoms with E-state index < -0.39 is 40.9 Å².